The number of nitrogens with zero attached hydrogens (tertiary/aromatic N) is 3. The number of thiazole rings is 1. The first-order chi connectivity index (χ1) is 14.0. The molecule has 1 aromatic heterocycles. The molecule has 2 aromatic rings. The minimum Gasteiger partial charge on any atom is -0.312 e. The van der Waals surface area contributed by atoms with Crippen LogP contribution in [0.25, 0.3) is 11.3 Å². The molecular formula is C22H28N4O2S. The number of amides is 2. The van der Waals surface area contributed by atoms with Crippen molar-refractivity contribution in [2.45, 2.75) is 39.5 Å². The van der Waals surface area contributed by atoms with Crippen molar-refractivity contribution in [2.75, 3.05) is 36.4 Å². The first kappa shape index (κ1) is 20.0. The molecule has 0 radical (unpaired) electrons. The molecule has 2 amide bonds. The predicted molar refractivity (Wildman–Crippen MR) is 117 cm³/mol. The lowest BCUT2D eigenvalue weighted by molar-refractivity contribution is -0.121. The number of piperidine rings is 1. The van der Waals surface area contributed by atoms with Crippen LogP contribution in [0.4, 0.5) is 10.8 Å². The van der Waals surface area contributed by atoms with Crippen molar-refractivity contribution in [3.8, 4) is 11.3 Å². The predicted octanol–water partition coefficient (Wildman–Crippen LogP) is 3.78. The Kier molecular flexibility index (Phi) is 5.96. The zero-order valence-electron chi connectivity index (χ0n) is 17.1. The van der Waals surface area contributed by atoms with E-state index < -0.39 is 0 Å². The Labute approximate surface area is 175 Å². The van der Waals surface area contributed by atoms with Crippen molar-refractivity contribution in [3.63, 3.8) is 0 Å². The van der Waals surface area contributed by atoms with Crippen LogP contribution < -0.4 is 10.2 Å². The van der Waals surface area contributed by atoms with Crippen molar-refractivity contribution >= 4 is 34.0 Å². The molecule has 2 aliphatic rings. The van der Waals surface area contributed by atoms with E-state index in [0.717, 1.165) is 43.0 Å². The molecule has 1 N–H and O–H groups in total. The zero-order valence-corrected chi connectivity index (χ0v) is 17.9. The number of benzene rings is 1. The van der Waals surface area contributed by atoms with Crippen LogP contribution in [0, 0.1) is 5.92 Å². The highest BCUT2D eigenvalue weighted by Crippen LogP contribution is 2.34. The van der Waals surface area contributed by atoms with Crippen molar-refractivity contribution in [1.82, 2.24) is 9.88 Å². The Bertz CT molecular complexity index is 902. The van der Waals surface area contributed by atoms with Gasteiger partial charge in [0.05, 0.1) is 12.2 Å². The lowest BCUT2D eigenvalue weighted by Gasteiger charge is -2.25. The fourth-order valence-electron chi connectivity index (χ4n) is 4.04. The number of anilines is 2. The van der Waals surface area contributed by atoms with Crippen LogP contribution in [-0.2, 0) is 16.0 Å². The summed E-state index contributed by atoms with van der Waals surface area (Å²) in [5.74, 6) is 0.170. The molecule has 0 bridgehead atoms. The third-order valence-electron chi connectivity index (χ3n) is 5.60. The molecule has 1 fully saturated rings. The molecule has 0 spiro atoms. The van der Waals surface area contributed by atoms with Gasteiger partial charge in [-0.3, -0.25) is 14.5 Å². The van der Waals surface area contributed by atoms with Gasteiger partial charge in [0.15, 0.2) is 5.13 Å². The van der Waals surface area contributed by atoms with Gasteiger partial charge in [0, 0.05) is 29.1 Å². The summed E-state index contributed by atoms with van der Waals surface area (Å²) in [6.07, 6.45) is 4.48. The maximum atomic E-state index is 12.4. The molecule has 4 rings (SSSR count). The van der Waals surface area contributed by atoms with E-state index in [1.165, 1.54) is 36.2 Å². The summed E-state index contributed by atoms with van der Waals surface area (Å²) in [5.41, 5.74) is 4.08. The number of nitrogens with one attached hydrogen (secondary N) is 1. The van der Waals surface area contributed by atoms with Gasteiger partial charge in [-0.2, -0.15) is 0 Å². The molecule has 7 heteroatoms. The number of aromatic nitrogens is 1. The van der Waals surface area contributed by atoms with E-state index in [2.05, 4.69) is 21.3 Å². The van der Waals surface area contributed by atoms with E-state index in [1.807, 2.05) is 36.3 Å². The van der Waals surface area contributed by atoms with Gasteiger partial charge in [0.1, 0.15) is 0 Å². The second-order valence-electron chi connectivity index (χ2n) is 8.16. The van der Waals surface area contributed by atoms with Crippen molar-refractivity contribution in [2.24, 2.45) is 5.92 Å². The highest BCUT2D eigenvalue weighted by atomic mass is 32.1. The highest BCUT2D eigenvalue weighted by molar-refractivity contribution is 7.14. The number of hydrogen-bond acceptors (Lipinski definition) is 5. The monoisotopic (exact) mass is 412 g/mol. The van der Waals surface area contributed by atoms with Gasteiger partial charge >= 0.3 is 0 Å². The summed E-state index contributed by atoms with van der Waals surface area (Å²) in [5, 5.41) is 5.55. The van der Waals surface area contributed by atoms with Crippen LogP contribution >= 0.6 is 11.3 Å². The molecule has 1 aromatic carbocycles. The lowest BCUT2D eigenvalue weighted by atomic mass is 10.1. The van der Waals surface area contributed by atoms with Gasteiger partial charge in [-0.25, -0.2) is 4.98 Å². The van der Waals surface area contributed by atoms with E-state index in [0.29, 0.717) is 11.7 Å². The van der Waals surface area contributed by atoms with Crippen LogP contribution in [-0.4, -0.2) is 47.9 Å². The Balaban J connectivity index is 1.42. The molecule has 0 aliphatic carbocycles. The van der Waals surface area contributed by atoms with Gasteiger partial charge < -0.3 is 10.2 Å². The van der Waals surface area contributed by atoms with Gasteiger partial charge in [-0.1, -0.05) is 26.3 Å². The van der Waals surface area contributed by atoms with Crippen molar-refractivity contribution in [1.29, 1.82) is 0 Å². The molecule has 2 aliphatic heterocycles. The topological polar surface area (TPSA) is 65.5 Å². The molecule has 0 saturated carbocycles. The first-order valence-corrected chi connectivity index (χ1v) is 11.3. The molecule has 3 heterocycles. The normalized spacial score (nSPS) is 16.9. The maximum Gasteiger partial charge on any atom is 0.240 e. The quantitative estimate of drug-likeness (QED) is 0.812. The van der Waals surface area contributed by atoms with Crippen molar-refractivity contribution < 1.29 is 9.59 Å². The Morgan fingerprint density at radius 3 is 2.72 bits per heavy atom. The second-order valence-corrected chi connectivity index (χ2v) is 9.02. The molecule has 6 nitrogen and oxygen atoms in total. The van der Waals surface area contributed by atoms with Gasteiger partial charge in [-0.05, 0) is 50.0 Å². The van der Waals surface area contributed by atoms with Crippen LogP contribution in [0.15, 0.2) is 23.6 Å². The van der Waals surface area contributed by atoms with Gasteiger partial charge in [0.2, 0.25) is 11.8 Å². The average Bonchev–Trinajstić information content (AvgIpc) is 3.34. The minimum absolute atomic E-state index is 0.00425. The molecule has 0 unspecified atom stereocenters. The average molecular weight is 413 g/mol. The minimum atomic E-state index is -0.00438. The Morgan fingerprint density at radius 2 is 1.97 bits per heavy atom. The standard InChI is InChI=1S/C22H28N4O2S/c1-15(2)21(28)26-11-8-17-12-16(6-7-19(17)26)18-14-29-22(23-18)24-20(27)13-25-9-4-3-5-10-25/h6-7,12,14-15H,3-5,8-11,13H2,1-2H3,(H,23,24,27). The third-order valence-corrected chi connectivity index (χ3v) is 6.35. The fraction of sp³-hybridized carbons (Fsp3) is 0.500. The first-order valence-electron chi connectivity index (χ1n) is 10.4. The number of carbonyl (C=O) groups excluding carboxylic acids is 2. The number of hydrogen-bond donors (Lipinski definition) is 1. The summed E-state index contributed by atoms with van der Waals surface area (Å²) in [6, 6.07) is 6.16. The van der Waals surface area contributed by atoms with Crippen LogP contribution in [0.1, 0.15) is 38.7 Å². The molecular weight excluding hydrogens is 384 g/mol. The van der Waals surface area contributed by atoms with E-state index in [-0.39, 0.29) is 17.7 Å². The summed E-state index contributed by atoms with van der Waals surface area (Å²) >= 11 is 1.45. The second kappa shape index (κ2) is 8.63. The largest absolute Gasteiger partial charge is 0.312 e. The summed E-state index contributed by atoms with van der Waals surface area (Å²) in [6.45, 7) is 7.05. The Morgan fingerprint density at radius 1 is 1.17 bits per heavy atom. The molecule has 1 saturated heterocycles. The van der Waals surface area contributed by atoms with Gasteiger partial charge in [-0.15, -0.1) is 11.3 Å². The third kappa shape index (κ3) is 4.51. The van der Waals surface area contributed by atoms with E-state index >= 15 is 0 Å². The smallest absolute Gasteiger partial charge is 0.240 e. The number of likely N-dealkylation sites (tertiary alicyclic amines) is 1. The Hall–Kier alpha value is -2.25. The SMILES string of the molecule is CC(C)C(=O)N1CCc2cc(-c3csc(NC(=O)CN4CCCCC4)n3)ccc21. The molecule has 0 atom stereocenters. The maximum absolute atomic E-state index is 12.4. The van der Waals surface area contributed by atoms with Crippen LogP contribution in [0.5, 0.6) is 0 Å². The zero-order chi connectivity index (χ0) is 20.4. The number of carbonyl (C=O) groups is 2. The van der Waals surface area contributed by atoms with E-state index in [4.69, 9.17) is 0 Å². The number of rotatable bonds is 5. The number of fused-ring (bicyclic) bond motifs is 1. The van der Waals surface area contributed by atoms with E-state index in [1.54, 1.807) is 0 Å². The molecule has 29 heavy (non-hydrogen) atoms. The van der Waals surface area contributed by atoms with Crippen LogP contribution in [0.2, 0.25) is 0 Å². The summed E-state index contributed by atoms with van der Waals surface area (Å²) in [4.78, 5) is 33.4. The van der Waals surface area contributed by atoms with Crippen LogP contribution in [0.3, 0.4) is 0 Å². The lowest BCUT2D eigenvalue weighted by Crippen LogP contribution is -2.36. The molecule has 154 valence electrons. The summed E-state index contributed by atoms with van der Waals surface area (Å²) in [7, 11) is 0. The summed E-state index contributed by atoms with van der Waals surface area (Å²) < 4.78 is 0. The highest BCUT2D eigenvalue weighted by Gasteiger charge is 2.26. The van der Waals surface area contributed by atoms with Crippen molar-refractivity contribution in [3.05, 3.63) is 29.1 Å². The van der Waals surface area contributed by atoms with E-state index in [9.17, 15) is 9.59 Å². The van der Waals surface area contributed by atoms with Gasteiger partial charge in [0.25, 0.3) is 0 Å². The fourth-order valence-corrected chi connectivity index (χ4v) is 4.78.